The molecule has 1 unspecified atom stereocenters. The van der Waals surface area contributed by atoms with Gasteiger partial charge in [0, 0.05) is 18.8 Å². The molecule has 4 nitrogen and oxygen atoms in total. The first kappa shape index (κ1) is 14.9. The van der Waals surface area contributed by atoms with Gasteiger partial charge in [0.25, 0.3) is 5.92 Å². The maximum Gasteiger partial charge on any atom is 0.326 e. The van der Waals surface area contributed by atoms with Crippen molar-refractivity contribution in [1.82, 2.24) is 4.90 Å². The first-order valence-corrected chi connectivity index (χ1v) is 5.95. The fraction of sp³-hybridized carbons (Fsp3) is 0.727. The van der Waals surface area contributed by atoms with Gasteiger partial charge in [0.05, 0.1) is 11.5 Å². The SMILES string of the molecule is CC(=O)C(C)CC(=S)N1CC(F)(F)C[C@H]1C(=O)O. The molecule has 1 fully saturated rings. The van der Waals surface area contributed by atoms with Gasteiger partial charge in [-0.05, 0) is 6.92 Å². The third-order valence-corrected chi connectivity index (χ3v) is 3.45. The third-order valence-electron chi connectivity index (χ3n) is 3.05. The summed E-state index contributed by atoms with van der Waals surface area (Å²) in [7, 11) is 0. The van der Waals surface area contributed by atoms with E-state index in [-0.39, 0.29) is 23.1 Å². The predicted molar refractivity (Wildman–Crippen MR) is 64.8 cm³/mol. The fourth-order valence-electron chi connectivity index (χ4n) is 1.82. The molecular formula is C11H15F2NO3S. The Morgan fingerprint density at radius 1 is 1.56 bits per heavy atom. The van der Waals surface area contributed by atoms with Crippen molar-refractivity contribution in [3.63, 3.8) is 0 Å². The van der Waals surface area contributed by atoms with Gasteiger partial charge in [-0.15, -0.1) is 0 Å². The molecule has 1 heterocycles. The summed E-state index contributed by atoms with van der Waals surface area (Å²) in [5.74, 6) is -4.85. The van der Waals surface area contributed by atoms with Gasteiger partial charge in [-0.25, -0.2) is 13.6 Å². The third kappa shape index (κ3) is 3.44. The van der Waals surface area contributed by atoms with Crippen molar-refractivity contribution in [1.29, 1.82) is 0 Å². The monoisotopic (exact) mass is 279 g/mol. The van der Waals surface area contributed by atoms with Gasteiger partial charge in [0.15, 0.2) is 0 Å². The number of thiocarbonyl (C=S) groups is 1. The lowest BCUT2D eigenvalue weighted by atomic mass is 10.0. The zero-order valence-corrected chi connectivity index (χ0v) is 11.0. The molecule has 0 aromatic heterocycles. The van der Waals surface area contributed by atoms with E-state index in [1.54, 1.807) is 6.92 Å². The van der Waals surface area contributed by atoms with E-state index in [1.807, 2.05) is 0 Å². The number of carboxylic acids is 1. The van der Waals surface area contributed by atoms with Crippen LogP contribution in [0.4, 0.5) is 8.78 Å². The number of hydrogen-bond acceptors (Lipinski definition) is 3. The second-order valence-corrected chi connectivity index (χ2v) is 5.12. The highest BCUT2D eigenvalue weighted by Crippen LogP contribution is 2.33. The Morgan fingerprint density at radius 2 is 2.11 bits per heavy atom. The number of alkyl halides is 2. The number of carboxylic acid groups (broad SMARTS) is 1. The van der Waals surface area contributed by atoms with Gasteiger partial charge in [0.1, 0.15) is 11.8 Å². The fourth-order valence-corrected chi connectivity index (χ4v) is 2.26. The maximum atomic E-state index is 13.2. The largest absolute Gasteiger partial charge is 0.480 e. The Bertz CT molecular complexity index is 386. The van der Waals surface area contributed by atoms with Crippen LogP contribution in [0.2, 0.25) is 0 Å². The number of hydrogen-bond donors (Lipinski definition) is 1. The van der Waals surface area contributed by atoms with Crippen LogP contribution in [-0.4, -0.2) is 45.3 Å². The van der Waals surface area contributed by atoms with E-state index in [0.29, 0.717) is 0 Å². The second kappa shape index (κ2) is 5.26. The Kier molecular flexibility index (Phi) is 4.37. The van der Waals surface area contributed by atoms with Crippen LogP contribution >= 0.6 is 12.2 Å². The molecule has 1 saturated heterocycles. The average Bonchev–Trinajstić information content (AvgIpc) is 2.54. The first-order chi connectivity index (χ1) is 8.14. The summed E-state index contributed by atoms with van der Waals surface area (Å²) in [4.78, 5) is 23.2. The van der Waals surface area contributed by atoms with Crippen LogP contribution in [0.3, 0.4) is 0 Å². The van der Waals surface area contributed by atoms with Gasteiger partial charge in [-0.3, -0.25) is 4.79 Å². The molecule has 0 saturated carbocycles. The van der Waals surface area contributed by atoms with E-state index >= 15 is 0 Å². The Morgan fingerprint density at radius 3 is 2.56 bits per heavy atom. The minimum absolute atomic E-state index is 0.102. The van der Waals surface area contributed by atoms with Crippen LogP contribution in [0.25, 0.3) is 0 Å². The summed E-state index contributed by atoms with van der Waals surface area (Å²) in [5.41, 5.74) is 0. The number of ketones is 1. The maximum absolute atomic E-state index is 13.2. The van der Waals surface area contributed by atoms with E-state index in [2.05, 4.69) is 0 Å². The average molecular weight is 279 g/mol. The molecule has 18 heavy (non-hydrogen) atoms. The van der Waals surface area contributed by atoms with E-state index in [1.165, 1.54) is 6.92 Å². The Labute approximate surface area is 109 Å². The smallest absolute Gasteiger partial charge is 0.326 e. The van der Waals surface area contributed by atoms with Crippen LogP contribution in [0.5, 0.6) is 0 Å². The standard InChI is InChI=1S/C11H15F2NO3S/c1-6(7(2)15)3-9(18)14-5-11(12,13)4-8(14)10(16)17/h6,8H,3-5H2,1-2H3,(H,16,17)/t6?,8-/m0/s1. The van der Waals surface area contributed by atoms with Crippen molar-refractivity contribution < 1.29 is 23.5 Å². The number of likely N-dealkylation sites (tertiary alicyclic amines) is 1. The second-order valence-electron chi connectivity index (χ2n) is 4.65. The molecule has 0 radical (unpaired) electrons. The minimum Gasteiger partial charge on any atom is -0.480 e. The number of carbonyl (C=O) groups is 2. The number of halogens is 2. The van der Waals surface area contributed by atoms with Gasteiger partial charge in [-0.1, -0.05) is 19.1 Å². The van der Waals surface area contributed by atoms with Gasteiger partial charge in [0.2, 0.25) is 0 Å². The number of aliphatic carboxylic acids is 1. The molecule has 1 rings (SSSR count). The summed E-state index contributed by atoms with van der Waals surface area (Å²) in [6, 6.07) is -1.30. The van der Waals surface area contributed by atoms with Crippen LogP contribution < -0.4 is 0 Å². The highest BCUT2D eigenvalue weighted by molar-refractivity contribution is 7.80. The molecular weight excluding hydrogens is 264 g/mol. The molecule has 1 aliphatic rings. The number of carbonyl (C=O) groups excluding carboxylic acids is 1. The minimum atomic E-state index is -3.05. The number of rotatable bonds is 4. The van der Waals surface area contributed by atoms with Crippen molar-refractivity contribution in [3.8, 4) is 0 Å². The summed E-state index contributed by atoms with van der Waals surface area (Å²) < 4.78 is 26.5. The van der Waals surface area contributed by atoms with Crippen LogP contribution in [0, 0.1) is 5.92 Å². The first-order valence-electron chi connectivity index (χ1n) is 5.54. The highest BCUT2D eigenvalue weighted by Gasteiger charge is 2.49. The lowest BCUT2D eigenvalue weighted by Gasteiger charge is -2.24. The van der Waals surface area contributed by atoms with Crippen molar-refractivity contribution >= 4 is 29.0 Å². The van der Waals surface area contributed by atoms with Crippen LogP contribution in [0.1, 0.15) is 26.7 Å². The van der Waals surface area contributed by atoms with E-state index < -0.39 is 30.9 Å². The molecule has 2 atom stereocenters. The van der Waals surface area contributed by atoms with Gasteiger partial charge in [-0.2, -0.15) is 0 Å². The molecule has 0 amide bonds. The van der Waals surface area contributed by atoms with Crippen LogP contribution in [0.15, 0.2) is 0 Å². The normalized spacial score (nSPS) is 23.8. The molecule has 0 aromatic carbocycles. The molecule has 0 aliphatic carbocycles. The highest BCUT2D eigenvalue weighted by atomic mass is 32.1. The van der Waals surface area contributed by atoms with Crippen molar-refractivity contribution in [2.75, 3.05) is 6.54 Å². The summed E-state index contributed by atoms with van der Waals surface area (Å²) in [6.45, 7) is 2.34. The van der Waals surface area contributed by atoms with Crippen LogP contribution in [-0.2, 0) is 9.59 Å². The van der Waals surface area contributed by atoms with Crippen molar-refractivity contribution in [3.05, 3.63) is 0 Å². The topological polar surface area (TPSA) is 57.6 Å². The molecule has 0 spiro atoms. The Balaban J connectivity index is 2.77. The molecule has 1 aliphatic heterocycles. The van der Waals surface area contributed by atoms with E-state index in [9.17, 15) is 18.4 Å². The number of nitrogens with zero attached hydrogens (tertiary/aromatic N) is 1. The quantitative estimate of drug-likeness (QED) is 0.794. The molecule has 0 aromatic rings. The van der Waals surface area contributed by atoms with E-state index in [0.717, 1.165) is 4.90 Å². The lowest BCUT2D eigenvalue weighted by molar-refractivity contribution is -0.141. The molecule has 102 valence electrons. The number of Topliss-reactive ketones (excluding diaryl/α,β-unsaturated/α-hetero) is 1. The lowest BCUT2D eigenvalue weighted by Crippen LogP contribution is -2.40. The molecule has 0 bridgehead atoms. The molecule has 1 N–H and O–H groups in total. The zero-order chi connectivity index (χ0) is 14.1. The van der Waals surface area contributed by atoms with Gasteiger partial charge < -0.3 is 10.0 Å². The van der Waals surface area contributed by atoms with E-state index in [4.69, 9.17) is 17.3 Å². The summed E-state index contributed by atoms with van der Waals surface area (Å²) in [5, 5.41) is 8.91. The zero-order valence-electron chi connectivity index (χ0n) is 10.2. The molecule has 7 heteroatoms. The van der Waals surface area contributed by atoms with Gasteiger partial charge >= 0.3 is 5.97 Å². The Hall–Kier alpha value is -1.11. The predicted octanol–water partition coefficient (Wildman–Crippen LogP) is 1.72. The van der Waals surface area contributed by atoms with Crippen molar-refractivity contribution in [2.24, 2.45) is 5.92 Å². The summed E-state index contributed by atoms with van der Waals surface area (Å²) in [6.07, 6.45) is -0.610. The van der Waals surface area contributed by atoms with Crippen molar-refractivity contribution in [2.45, 2.75) is 38.7 Å². The summed E-state index contributed by atoms with van der Waals surface area (Å²) >= 11 is 4.99.